The monoisotopic (exact) mass is 362 g/mol. The van der Waals surface area contributed by atoms with Crippen molar-refractivity contribution in [3.8, 4) is 11.4 Å². The van der Waals surface area contributed by atoms with Gasteiger partial charge in [0, 0.05) is 41.5 Å². The normalized spacial score (nSPS) is 15.6. The van der Waals surface area contributed by atoms with E-state index in [2.05, 4.69) is 23.4 Å². The minimum atomic E-state index is -0.493. The molecule has 138 valence electrons. The SMILES string of the molecule is Cc1cc2c(n1-c1ccc(C(N)=O)c(-n3ccnc3)c1)CC(C)(C)CC2=O. The van der Waals surface area contributed by atoms with Crippen molar-refractivity contribution in [1.82, 2.24) is 14.1 Å². The Labute approximate surface area is 157 Å². The molecule has 0 saturated heterocycles. The summed E-state index contributed by atoms with van der Waals surface area (Å²) in [6, 6.07) is 7.49. The Hall–Kier alpha value is -3.15. The lowest BCUT2D eigenvalue weighted by atomic mass is 9.76. The van der Waals surface area contributed by atoms with Crippen LogP contribution in [0, 0.1) is 12.3 Å². The molecule has 1 aliphatic rings. The van der Waals surface area contributed by atoms with E-state index in [1.807, 2.05) is 25.1 Å². The molecule has 0 radical (unpaired) electrons. The summed E-state index contributed by atoms with van der Waals surface area (Å²) in [4.78, 5) is 28.6. The topological polar surface area (TPSA) is 82.9 Å². The van der Waals surface area contributed by atoms with E-state index in [-0.39, 0.29) is 11.2 Å². The number of aryl methyl sites for hydroxylation is 1. The summed E-state index contributed by atoms with van der Waals surface area (Å²) in [6.45, 7) is 6.23. The average molecular weight is 362 g/mol. The first-order valence-corrected chi connectivity index (χ1v) is 8.94. The van der Waals surface area contributed by atoms with Crippen molar-refractivity contribution in [2.45, 2.75) is 33.6 Å². The van der Waals surface area contributed by atoms with Crippen LogP contribution in [0.25, 0.3) is 11.4 Å². The van der Waals surface area contributed by atoms with E-state index in [0.717, 1.165) is 29.1 Å². The number of nitrogens with two attached hydrogens (primary N) is 1. The molecule has 0 aliphatic heterocycles. The fourth-order valence-electron chi connectivity index (χ4n) is 3.99. The number of rotatable bonds is 3. The predicted octanol–water partition coefficient (Wildman–Crippen LogP) is 3.23. The van der Waals surface area contributed by atoms with E-state index < -0.39 is 5.91 Å². The van der Waals surface area contributed by atoms with Crippen LogP contribution in [0.2, 0.25) is 0 Å². The van der Waals surface area contributed by atoms with Crippen LogP contribution >= 0.6 is 0 Å². The van der Waals surface area contributed by atoms with Gasteiger partial charge in [-0.3, -0.25) is 9.59 Å². The number of benzene rings is 1. The maximum atomic E-state index is 12.6. The summed E-state index contributed by atoms with van der Waals surface area (Å²) in [7, 11) is 0. The summed E-state index contributed by atoms with van der Waals surface area (Å²) in [6.07, 6.45) is 6.44. The molecule has 0 unspecified atom stereocenters. The molecule has 4 rings (SSSR count). The quantitative estimate of drug-likeness (QED) is 0.776. The second-order valence-corrected chi connectivity index (χ2v) is 7.96. The maximum Gasteiger partial charge on any atom is 0.250 e. The van der Waals surface area contributed by atoms with Gasteiger partial charge in [-0.1, -0.05) is 13.8 Å². The Morgan fingerprint density at radius 2 is 2.00 bits per heavy atom. The van der Waals surface area contributed by atoms with Crippen molar-refractivity contribution in [1.29, 1.82) is 0 Å². The van der Waals surface area contributed by atoms with Gasteiger partial charge < -0.3 is 14.9 Å². The highest BCUT2D eigenvalue weighted by Gasteiger charge is 2.34. The minimum Gasteiger partial charge on any atom is -0.366 e. The molecule has 0 bridgehead atoms. The fourth-order valence-corrected chi connectivity index (χ4v) is 3.99. The molecule has 1 amide bonds. The molecule has 6 heteroatoms. The second kappa shape index (κ2) is 5.94. The number of amides is 1. The molecule has 27 heavy (non-hydrogen) atoms. The molecule has 1 aliphatic carbocycles. The zero-order valence-electron chi connectivity index (χ0n) is 15.7. The van der Waals surface area contributed by atoms with E-state index >= 15 is 0 Å². The predicted molar refractivity (Wildman–Crippen MR) is 103 cm³/mol. The first-order chi connectivity index (χ1) is 12.8. The van der Waals surface area contributed by atoms with Gasteiger partial charge in [-0.2, -0.15) is 0 Å². The summed E-state index contributed by atoms with van der Waals surface area (Å²) >= 11 is 0. The number of imidazole rings is 1. The summed E-state index contributed by atoms with van der Waals surface area (Å²) in [5.74, 6) is -0.306. The van der Waals surface area contributed by atoms with Crippen LogP contribution in [0.5, 0.6) is 0 Å². The lowest BCUT2D eigenvalue weighted by Crippen LogP contribution is -2.27. The van der Waals surface area contributed by atoms with Gasteiger partial charge in [-0.25, -0.2) is 4.98 Å². The average Bonchev–Trinajstić information content (AvgIpc) is 3.21. The number of hydrogen-bond acceptors (Lipinski definition) is 3. The van der Waals surface area contributed by atoms with E-state index in [4.69, 9.17) is 5.73 Å². The summed E-state index contributed by atoms with van der Waals surface area (Å²) < 4.78 is 3.88. The van der Waals surface area contributed by atoms with Crippen LogP contribution in [0.4, 0.5) is 0 Å². The van der Waals surface area contributed by atoms with Crippen LogP contribution in [-0.4, -0.2) is 25.8 Å². The van der Waals surface area contributed by atoms with Gasteiger partial charge in [0.15, 0.2) is 5.78 Å². The van der Waals surface area contributed by atoms with Crippen molar-refractivity contribution in [2.24, 2.45) is 11.1 Å². The van der Waals surface area contributed by atoms with Crippen LogP contribution < -0.4 is 5.73 Å². The Balaban J connectivity index is 1.92. The number of hydrogen-bond donors (Lipinski definition) is 1. The molecule has 1 aromatic carbocycles. The third-order valence-corrected chi connectivity index (χ3v) is 5.16. The molecule has 6 nitrogen and oxygen atoms in total. The molecule has 2 heterocycles. The van der Waals surface area contributed by atoms with Crippen molar-refractivity contribution >= 4 is 11.7 Å². The fraction of sp³-hybridized carbons (Fsp3) is 0.286. The van der Waals surface area contributed by atoms with Crippen molar-refractivity contribution in [3.05, 3.63) is 65.5 Å². The molecule has 0 fully saturated rings. The zero-order chi connectivity index (χ0) is 19.3. The van der Waals surface area contributed by atoms with E-state index in [1.165, 1.54) is 0 Å². The molecular formula is C21H22N4O2. The van der Waals surface area contributed by atoms with Crippen molar-refractivity contribution in [3.63, 3.8) is 0 Å². The molecular weight excluding hydrogens is 340 g/mol. The van der Waals surface area contributed by atoms with Gasteiger partial charge in [0.25, 0.3) is 5.91 Å². The largest absolute Gasteiger partial charge is 0.366 e. The number of aromatic nitrogens is 3. The zero-order valence-corrected chi connectivity index (χ0v) is 15.7. The second-order valence-electron chi connectivity index (χ2n) is 7.96. The first-order valence-electron chi connectivity index (χ1n) is 8.94. The lowest BCUT2D eigenvalue weighted by molar-refractivity contribution is 0.0910. The number of nitrogens with zero attached hydrogens (tertiary/aromatic N) is 3. The number of ketones is 1. The Kier molecular flexibility index (Phi) is 3.80. The van der Waals surface area contributed by atoms with Gasteiger partial charge in [-0.05, 0) is 43.0 Å². The lowest BCUT2D eigenvalue weighted by Gasteiger charge is -2.30. The van der Waals surface area contributed by atoms with Gasteiger partial charge in [-0.15, -0.1) is 0 Å². The summed E-state index contributed by atoms with van der Waals surface area (Å²) in [5.41, 5.74) is 10.3. The molecule has 3 aromatic rings. The van der Waals surface area contributed by atoms with Gasteiger partial charge in [0.2, 0.25) is 0 Å². The maximum absolute atomic E-state index is 12.6. The third-order valence-electron chi connectivity index (χ3n) is 5.16. The smallest absolute Gasteiger partial charge is 0.250 e. The van der Waals surface area contributed by atoms with Crippen LogP contribution in [-0.2, 0) is 6.42 Å². The molecule has 2 N–H and O–H groups in total. The third kappa shape index (κ3) is 2.87. The Morgan fingerprint density at radius 3 is 2.67 bits per heavy atom. The van der Waals surface area contributed by atoms with Crippen LogP contribution in [0.1, 0.15) is 52.4 Å². The van der Waals surface area contributed by atoms with Gasteiger partial charge in [0.05, 0.1) is 17.6 Å². The minimum absolute atomic E-state index is 0.0764. The van der Waals surface area contributed by atoms with Gasteiger partial charge >= 0.3 is 0 Å². The standard InChI is InChI=1S/C21H22N4O2/c1-13-8-16-18(10-21(2,3)11-19(16)26)25(13)14-4-5-15(20(22)27)17(9-14)24-7-6-23-12-24/h4-9,12H,10-11H2,1-3H3,(H2,22,27). The number of fused-ring (bicyclic) bond motifs is 1. The van der Waals surface area contributed by atoms with Crippen LogP contribution in [0.3, 0.4) is 0 Å². The number of carbonyl (C=O) groups is 2. The molecule has 0 spiro atoms. The van der Waals surface area contributed by atoms with Crippen LogP contribution in [0.15, 0.2) is 43.0 Å². The number of primary amides is 1. The van der Waals surface area contributed by atoms with Gasteiger partial charge in [0.1, 0.15) is 0 Å². The first kappa shape index (κ1) is 17.3. The Bertz CT molecular complexity index is 1060. The summed E-state index contributed by atoms with van der Waals surface area (Å²) in [5, 5.41) is 0. The Morgan fingerprint density at radius 1 is 1.22 bits per heavy atom. The highest BCUT2D eigenvalue weighted by atomic mass is 16.1. The molecule has 0 saturated carbocycles. The number of carbonyl (C=O) groups excluding carboxylic acids is 2. The van der Waals surface area contributed by atoms with E-state index in [9.17, 15) is 9.59 Å². The van der Waals surface area contributed by atoms with E-state index in [0.29, 0.717) is 17.7 Å². The highest BCUT2D eigenvalue weighted by molar-refractivity contribution is 5.99. The highest BCUT2D eigenvalue weighted by Crippen LogP contribution is 2.37. The van der Waals surface area contributed by atoms with Crippen molar-refractivity contribution in [2.75, 3.05) is 0 Å². The molecule has 0 atom stereocenters. The van der Waals surface area contributed by atoms with Crippen molar-refractivity contribution < 1.29 is 9.59 Å². The number of Topliss-reactive ketones (excluding diaryl/α,β-unsaturated/α-hetero) is 1. The van der Waals surface area contributed by atoms with E-state index in [1.54, 1.807) is 29.4 Å². The molecule has 2 aromatic heterocycles.